The van der Waals surface area contributed by atoms with Crippen LogP contribution in [0.3, 0.4) is 0 Å². The first-order valence-electron chi connectivity index (χ1n) is 7.99. The maximum absolute atomic E-state index is 6.38. The van der Waals surface area contributed by atoms with Gasteiger partial charge in [-0.15, -0.1) is 0 Å². The molecule has 0 radical (unpaired) electrons. The number of nitrogen functional groups attached to an aromatic ring is 1. The minimum atomic E-state index is -0.594. The molecule has 4 heteroatoms. The van der Waals surface area contributed by atoms with E-state index in [9.17, 15) is 0 Å². The molecular formula is C21H19Cl2NO. The van der Waals surface area contributed by atoms with Crippen LogP contribution in [0.1, 0.15) is 23.6 Å². The molecule has 0 aliphatic rings. The van der Waals surface area contributed by atoms with Gasteiger partial charge in [0, 0.05) is 0 Å². The second kappa shape index (κ2) is 7.49. The largest absolute Gasteiger partial charge is 0.396 e. The Kier molecular flexibility index (Phi) is 5.33. The second-order valence-electron chi connectivity index (χ2n) is 6.03. The summed E-state index contributed by atoms with van der Waals surface area (Å²) in [4.78, 5) is 0. The summed E-state index contributed by atoms with van der Waals surface area (Å²) in [6, 6.07) is 23.9. The van der Waals surface area contributed by atoms with Gasteiger partial charge < -0.3 is 10.5 Å². The van der Waals surface area contributed by atoms with Gasteiger partial charge in [-0.1, -0.05) is 83.9 Å². The Balaban J connectivity index is 1.94. The highest BCUT2D eigenvalue weighted by Gasteiger charge is 2.29. The van der Waals surface area contributed by atoms with Gasteiger partial charge in [-0.2, -0.15) is 0 Å². The van der Waals surface area contributed by atoms with Crippen molar-refractivity contribution in [2.75, 3.05) is 5.73 Å². The Morgan fingerprint density at radius 1 is 0.840 bits per heavy atom. The van der Waals surface area contributed by atoms with Crippen LogP contribution in [0, 0.1) is 0 Å². The van der Waals surface area contributed by atoms with Crippen LogP contribution in [-0.4, -0.2) is 0 Å². The van der Waals surface area contributed by atoms with E-state index in [1.165, 1.54) is 0 Å². The molecule has 0 saturated heterocycles. The Morgan fingerprint density at radius 3 is 1.72 bits per heavy atom. The highest BCUT2D eigenvalue weighted by molar-refractivity contribution is 6.38. The quantitative estimate of drug-likeness (QED) is 0.553. The van der Waals surface area contributed by atoms with E-state index < -0.39 is 5.60 Å². The average molecular weight is 372 g/mol. The minimum absolute atomic E-state index is 0.361. The number of hydrogen-bond acceptors (Lipinski definition) is 2. The maximum Gasteiger partial charge on any atom is 0.116 e. The fourth-order valence-corrected chi connectivity index (χ4v) is 3.33. The predicted molar refractivity (Wildman–Crippen MR) is 105 cm³/mol. The van der Waals surface area contributed by atoms with Crippen molar-refractivity contribution in [3.05, 3.63) is 99.5 Å². The second-order valence-corrected chi connectivity index (χ2v) is 6.84. The standard InChI is InChI=1S/C21H19Cl2NO/c1-21(16-8-4-2-5-9-16,17-10-6-3-7-11-17)25-14-15-12-18(22)20(24)19(23)13-15/h2-13H,14,24H2,1H3. The molecule has 3 aromatic rings. The van der Waals surface area contributed by atoms with E-state index in [-0.39, 0.29) is 0 Å². The van der Waals surface area contributed by atoms with Gasteiger partial charge in [-0.05, 0) is 35.7 Å². The predicted octanol–water partition coefficient (Wildman–Crippen LogP) is 6.06. The summed E-state index contributed by atoms with van der Waals surface area (Å²) in [7, 11) is 0. The van der Waals surface area contributed by atoms with Crippen molar-refractivity contribution in [3.63, 3.8) is 0 Å². The summed E-state index contributed by atoms with van der Waals surface area (Å²) in [5, 5.41) is 0.874. The lowest BCUT2D eigenvalue weighted by atomic mass is 9.88. The van der Waals surface area contributed by atoms with Crippen molar-refractivity contribution < 1.29 is 4.74 Å². The number of hydrogen-bond donors (Lipinski definition) is 1. The molecule has 25 heavy (non-hydrogen) atoms. The maximum atomic E-state index is 6.38. The highest BCUT2D eigenvalue weighted by atomic mass is 35.5. The van der Waals surface area contributed by atoms with Crippen LogP contribution < -0.4 is 5.73 Å². The first-order chi connectivity index (χ1) is 12.0. The van der Waals surface area contributed by atoms with Crippen molar-refractivity contribution in [3.8, 4) is 0 Å². The number of anilines is 1. The van der Waals surface area contributed by atoms with Crippen LogP contribution >= 0.6 is 23.2 Å². The molecule has 0 aromatic heterocycles. The average Bonchev–Trinajstić information content (AvgIpc) is 2.65. The molecule has 0 saturated carbocycles. The Morgan fingerprint density at radius 2 is 1.28 bits per heavy atom. The van der Waals surface area contributed by atoms with Gasteiger partial charge >= 0.3 is 0 Å². The summed E-state index contributed by atoms with van der Waals surface area (Å²) in [5.74, 6) is 0. The van der Waals surface area contributed by atoms with Crippen LogP contribution in [0.15, 0.2) is 72.8 Å². The Hall–Kier alpha value is -2.00. The molecule has 0 bridgehead atoms. The third kappa shape index (κ3) is 3.82. The van der Waals surface area contributed by atoms with Crippen LogP contribution in [0.5, 0.6) is 0 Å². The SMILES string of the molecule is CC(OCc1cc(Cl)c(N)c(Cl)c1)(c1ccccc1)c1ccccc1. The molecule has 0 fully saturated rings. The van der Waals surface area contributed by atoms with Crippen molar-refractivity contribution in [2.24, 2.45) is 0 Å². The topological polar surface area (TPSA) is 35.2 Å². The van der Waals surface area contributed by atoms with E-state index >= 15 is 0 Å². The van der Waals surface area contributed by atoms with E-state index in [1.54, 1.807) is 12.1 Å². The lowest BCUT2D eigenvalue weighted by molar-refractivity contribution is -0.0164. The normalized spacial score (nSPS) is 11.5. The number of halogens is 2. The number of ether oxygens (including phenoxy) is 1. The molecule has 2 nitrogen and oxygen atoms in total. The van der Waals surface area contributed by atoms with E-state index in [1.807, 2.05) is 36.4 Å². The highest BCUT2D eigenvalue weighted by Crippen LogP contribution is 2.35. The zero-order chi connectivity index (χ0) is 17.9. The van der Waals surface area contributed by atoms with Crippen molar-refractivity contribution in [2.45, 2.75) is 19.1 Å². The Labute approximate surface area is 158 Å². The molecule has 2 N–H and O–H groups in total. The molecule has 3 aromatic carbocycles. The van der Waals surface area contributed by atoms with Crippen LogP contribution in [0.2, 0.25) is 10.0 Å². The van der Waals surface area contributed by atoms with Crippen LogP contribution in [0.4, 0.5) is 5.69 Å². The molecule has 0 unspecified atom stereocenters. The van der Waals surface area contributed by atoms with Crippen molar-refractivity contribution in [1.29, 1.82) is 0 Å². The fourth-order valence-electron chi connectivity index (χ4n) is 2.79. The minimum Gasteiger partial charge on any atom is -0.396 e. The van der Waals surface area contributed by atoms with Crippen LogP contribution in [0.25, 0.3) is 0 Å². The summed E-state index contributed by atoms with van der Waals surface area (Å²) in [6.07, 6.45) is 0. The van der Waals surface area contributed by atoms with Gasteiger partial charge in [0.15, 0.2) is 0 Å². The first kappa shape index (κ1) is 17.8. The lowest BCUT2D eigenvalue weighted by Gasteiger charge is -2.31. The molecule has 3 rings (SSSR count). The molecular weight excluding hydrogens is 353 g/mol. The van der Waals surface area contributed by atoms with E-state index in [2.05, 4.69) is 31.2 Å². The number of rotatable bonds is 5. The molecule has 0 aliphatic heterocycles. The zero-order valence-electron chi connectivity index (χ0n) is 13.9. The molecule has 0 amide bonds. The van der Waals surface area contributed by atoms with Crippen LogP contribution in [-0.2, 0) is 16.9 Å². The first-order valence-corrected chi connectivity index (χ1v) is 8.74. The molecule has 0 aliphatic carbocycles. The molecule has 0 spiro atoms. The van der Waals surface area contributed by atoms with Gasteiger partial charge in [0.25, 0.3) is 0 Å². The lowest BCUT2D eigenvalue weighted by Crippen LogP contribution is -2.27. The summed E-state index contributed by atoms with van der Waals surface area (Å²) in [5.41, 5.74) is 8.64. The third-order valence-corrected chi connectivity index (χ3v) is 4.94. The molecule has 128 valence electrons. The zero-order valence-corrected chi connectivity index (χ0v) is 15.4. The number of benzene rings is 3. The molecule has 0 atom stereocenters. The van der Waals surface area contributed by atoms with Gasteiger partial charge in [0.2, 0.25) is 0 Å². The van der Waals surface area contributed by atoms with Gasteiger partial charge in [-0.25, -0.2) is 0 Å². The third-order valence-electron chi connectivity index (χ3n) is 4.32. The fraction of sp³-hybridized carbons (Fsp3) is 0.143. The Bertz CT molecular complexity index is 788. The van der Waals surface area contributed by atoms with Gasteiger partial charge in [0.1, 0.15) is 5.60 Å². The summed E-state index contributed by atoms with van der Waals surface area (Å²) in [6.45, 7) is 2.43. The van der Waals surface area contributed by atoms with Gasteiger partial charge in [-0.3, -0.25) is 0 Å². The van der Waals surface area contributed by atoms with E-state index in [0.29, 0.717) is 22.3 Å². The summed E-state index contributed by atoms with van der Waals surface area (Å²) >= 11 is 12.3. The molecule has 0 heterocycles. The smallest absolute Gasteiger partial charge is 0.116 e. The van der Waals surface area contributed by atoms with Crippen molar-refractivity contribution >= 4 is 28.9 Å². The monoisotopic (exact) mass is 371 g/mol. The van der Waals surface area contributed by atoms with Crippen molar-refractivity contribution in [1.82, 2.24) is 0 Å². The van der Waals surface area contributed by atoms with E-state index in [4.69, 9.17) is 33.7 Å². The van der Waals surface area contributed by atoms with E-state index in [0.717, 1.165) is 16.7 Å². The summed E-state index contributed by atoms with van der Waals surface area (Å²) < 4.78 is 6.38. The number of nitrogens with two attached hydrogens (primary N) is 1. The van der Waals surface area contributed by atoms with Gasteiger partial charge in [0.05, 0.1) is 22.3 Å².